The molecule has 2 aromatic heterocycles. The average Bonchev–Trinajstić information content (AvgIpc) is 3.06. The van der Waals surface area contributed by atoms with Crippen molar-refractivity contribution < 1.29 is 4.39 Å². The summed E-state index contributed by atoms with van der Waals surface area (Å²) in [5.41, 5.74) is 1.11. The third-order valence-electron chi connectivity index (χ3n) is 3.92. The van der Waals surface area contributed by atoms with Crippen LogP contribution in [0.5, 0.6) is 0 Å². The first kappa shape index (κ1) is 15.5. The Morgan fingerprint density at radius 3 is 2.64 bits per heavy atom. The van der Waals surface area contributed by atoms with Gasteiger partial charge in [-0.05, 0) is 24.3 Å². The van der Waals surface area contributed by atoms with Crippen LogP contribution < -0.4 is 5.56 Å². The minimum Gasteiger partial charge on any atom is -0.294 e. The molecule has 0 bridgehead atoms. The van der Waals surface area contributed by atoms with Crippen molar-refractivity contribution in [2.24, 2.45) is 0 Å². The van der Waals surface area contributed by atoms with Crippen LogP contribution in [0, 0.1) is 5.82 Å². The molecule has 25 heavy (non-hydrogen) atoms. The van der Waals surface area contributed by atoms with Crippen LogP contribution in [0.25, 0.3) is 16.7 Å². The van der Waals surface area contributed by atoms with E-state index < -0.39 is 5.82 Å². The molecule has 124 valence electrons. The van der Waals surface area contributed by atoms with Gasteiger partial charge >= 0.3 is 0 Å². The van der Waals surface area contributed by atoms with Gasteiger partial charge in [0.2, 0.25) is 0 Å². The largest absolute Gasteiger partial charge is 0.294 e. The van der Waals surface area contributed by atoms with Gasteiger partial charge in [0.1, 0.15) is 17.5 Å². The monoisotopic (exact) mass is 354 g/mol. The Labute approximate surface area is 146 Å². The Kier molecular flexibility index (Phi) is 3.82. The lowest BCUT2D eigenvalue weighted by atomic mass is 10.2. The summed E-state index contributed by atoms with van der Waals surface area (Å²) in [5, 5.41) is 4.95. The molecule has 2 heterocycles. The van der Waals surface area contributed by atoms with E-state index in [9.17, 15) is 9.18 Å². The highest BCUT2D eigenvalue weighted by molar-refractivity contribution is 6.31. The Hall–Kier alpha value is -2.99. The van der Waals surface area contributed by atoms with Gasteiger partial charge in [-0.2, -0.15) is 0 Å². The van der Waals surface area contributed by atoms with Crippen molar-refractivity contribution in [2.75, 3.05) is 0 Å². The van der Waals surface area contributed by atoms with Gasteiger partial charge in [0.05, 0.1) is 12.2 Å². The molecule has 0 aliphatic heterocycles. The van der Waals surface area contributed by atoms with Crippen LogP contribution in [0.1, 0.15) is 5.56 Å². The zero-order chi connectivity index (χ0) is 17.4. The minimum absolute atomic E-state index is 0.00377. The van der Waals surface area contributed by atoms with Gasteiger partial charge in [-0.3, -0.25) is 9.36 Å². The zero-order valence-electron chi connectivity index (χ0n) is 12.9. The standard InChI is InChI=1S/C18H12ClFN4O/c19-15-7-4-8-16(20)13(15)9-23-11-21-17-14(18(23)25)10-24(22-17)12-5-2-1-3-6-12/h1-8,10-11H,9H2. The molecule has 0 N–H and O–H groups in total. The number of halogens is 2. The van der Waals surface area contributed by atoms with Gasteiger partial charge in [-0.1, -0.05) is 35.9 Å². The maximum absolute atomic E-state index is 14.0. The van der Waals surface area contributed by atoms with E-state index in [1.165, 1.54) is 23.0 Å². The van der Waals surface area contributed by atoms with Crippen molar-refractivity contribution in [3.05, 3.63) is 87.8 Å². The van der Waals surface area contributed by atoms with Gasteiger partial charge in [0, 0.05) is 16.8 Å². The van der Waals surface area contributed by atoms with Crippen LogP contribution in [0.3, 0.4) is 0 Å². The Bertz CT molecular complexity index is 1100. The van der Waals surface area contributed by atoms with Gasteiger partial charge in [-0.15, -0.1) is 5.10 Å². The summed E-state index contributed by atoms with van der Waals surface area (Å²) in [6.07, 6.45) is 2.98. The van der Waals surface area contributed by atoms with Crippen LogP contribution in [0.15, 0.2) is 65.8 Å². The summed E-state index contributed by atoms with van der Waals surface area (Å²) in [4.78, 5) is 16.9. The SMILES string of the molecule is O=c1c2cn(-c3ccccc3)nc2ncn1Cc1c(F)cccc1Cl. The predicted octanol–water partition coefficient (Wildman–Crippen LogP) is 3.42. The molecule has 0 aliphatic carbocycles. The van der Waals surface area contributed by atoms with E-state index in [0.29, 0.717) is 11.0 Å². The summed E-state index contributed by atoms with van der Waals surface area (Å²) in [6, 6.07) is 13.8. The highest BCUT2D eigenvalue weighted by atomic mass is 35.5. The van der Waals surface area contributed by atoms with E-state index in [0.717, 1.165) is 5.69 Å². The smallest absolute Gasteiger partial charge is 0.264 e. The molecule has 0 unspecified atom stereocenters. The second-order valence-corrected chi connectivity index (χ2v) is 5.93. The first-order valence-corrected chi connectivity index (χ1v) is 7.94. The Balaban J connectivity index is 1.79. The predicted molar refractivity (Wildman–Crippen MR) is 93.6 cm³/mol. The highest BCUT2D eigenvalue weighted by Crippen LogP contribution is 2.20. The molecule has 0 fully saturated rings. The molecule has 0 spiro atoms. The fourth-order valence-corrected chi connectivity index (χ4v) is 2.84. The van der Waals surface area contributed by atoms with Crippen LogP contribution in [0.4, 0.5) is 4.39 Å². The molecule has 4 aromatic rings. The van der Waals surface area contributed by atoms with Gasteiger partial charge < -0.3 is 0 Å². The van der Waals surface area contributed by atoms with Gasteiger partial charge in [0.15, 0.2) is 5.65 Å². The number of nitrogens with zero attached hydrogens (tertiary/aromatic N) is 4. The second kappa shape index (κ2) is 6.14. The van der Waals surface area contributed by atoms with Crippen molar-refractivity contribution >= 4 is 22.6 Å². The molecule has 2 aromatic carbocycles. The molecule has 0 saturated heterocycles. The normalized spacial score (nSPS) is 11.1. The number of para-hydroxylation sites is 1. The fraction of sp³-hybridized carbons (Fsp3) is 0.0556. The van der Waals surface area contributed by atoms with Gasteiger partial charge in [-0.25, -0.2) is 14.1 Å². The fourth-order valence-electron chi connectivity index (χ4n) is 2.62. The number of rotatable bonds is 3. The molecule has 5 nitrogen and oxygen atoms in total. The molecular formula is C18H12ClFN4O. The molecule has 0 radical (unpaired) electrons. The number of hydrogen-bond acceptors (Lipinski definition) is 3. The van der Waals surface area contributed by atoms with Crippen LogP contribution in [-0.4, -0.2) is 19.3 Å². The first-order valence-electron chi connectivity index (χ1n) is 7.56. The number of aromatic nitrogens is 4. The second-order valence-electron chi connectivity index (χ2n) is 5.52. The summed E-state index contributed by atoms with van der Waals surface area (Å²) in [5.74, 6) is -0.459. The number of hydrogen-bond donors (Lipinski definition) is 0. The van der Waals surface area contributed by atoms with Crippen molar-refractivity contribution in [3.8, 4) is 5.69 Å². The van der Waals surface area contributed by atoms with Crippen LogP contribution in [0.2, 0.25) is 5.02 Å². The average molecular weight is 355 g/mol. The van der Waals surface area contributed by atoms with E-state index >= 15 is 0 Å². The lowest BCUT2D eigenvalue weighted by Gasteiger charge is -2.07. The first-order chi connectivity index (χ1) is 12.1. The van der Waals surface area contributed by atoms with E-state index in [1.807, 2.05) is 30.3 Å². The summed E-state index contributed by atoms with van der Waals surface area (Å²) in [7, 11) is 0. The summed E-state index contributed by atoms with van der Waals surface area (Å²) >= 11 is 6.04. The third-order valence-corrected chi connectivity index (χ3v) is 4.27. The van der Waals surface area contributed by atoms with E-state index in [4.69, 9.17) is 11.6 Å². The highest BCUT2D eigenvalue weighted by Gasteiger charge is 2.13. The molecule has 0 aliphatic rings. The Morgan fingerprint density at radius 2 is 1.88 bits per heavy atom. The van der Waals surface area contributed by atoms with Crippen molar-refractivity contribution in [2.45, 2.75) is 6.54 Å². The lowest BCUT2D eigenvalue weighted by Crippen LogP contribution is -2.21. The maximum atomic E-state index is 14.0. The molecule has 4 rings (SSSR count). The van der Waals surface area contributed by atoms with Crippen LogP contribution in [-0.2, 0) is 6.54 Å². The van der Waals surface area contributed by atoms with E-state index in [-0.39, 0.29) is 22.7 Å². The molecular weight excluding hydrogens is 343 g/mol. The van der Waals surface area contributed by atoms with Crippen molar-refractivity contribution in [1.82, 2.24) is 19.3 Å². The maximum Gasteiger partial charge on any atom is 0.264 e. The van der Waals surface area contributed by atoms with Gasteiger partial charge in [0.25, 0.3) is 5.56 Å². The van der Waals surface area contributed by atoms with Crippen molar-refractivity contribution in [1.29, 1.82) is 0 Å². The summed E-state index contributed by atoms with van der Waals surface area (Å²) < 4.78 is 16.9. The minimum atomic E-state index is -0.459. The molecule has 0 amide bonds. The van der Waals surface area contributed by atoms with Crippen molar-refractivity contribution in [3.63, 3.8) is 0 Å². The van der Waals surface area contributed by atoms with Crippen LogP contribution >= 0.6 is 11.6 Å². The van der Waals surface area contributed by atoms with E-state index in [1.54, 1.807) is 16.9 Å². The topological polar surface area (TPSA) is 52.7 Å². The number of fused-ring (bicyclic) bond motifs is 1. The lowest BCUT2D eigenvalue weighted by molar-refractivity contribution is 0.595. The molecule has 7 heteroatoms. The quantitative estimate of drug-likeness (QED) is 0.566. The number of benzene rings is 2. The van der Waals surface area contributed by atoms with E-state index in [2.05, 4.69) is 10.1 Å². The zero-order valence-corrected chi connectivity index (χ0v) is 13.7. The summed E-state index contributed by atoms with van der Waals surface area (Å²) in [6.45, 7) is 0.00377. The molecule has 0 saturated carbocycles. The molecule has 0 atom stereocenters. The Morgan fingerprint density at radius 1 is 1.08 bits per heavy atom. The third kappa shape index (κ3) is 2.81.